The SMILES string of the molecule is O=C(OCC(O)CC(F)(F)C(F)(F)C(F)(F)C(F)(F)C(F)(F)C(F)(F)C(F)(F)C(F)(F)C(F)(F)C(F)(F)C(F)(F)C(F)(F)C(F)(F)C(F)(F)C(F)(F)C(F)(F)C(F)(F)C(F)(F)F)c1ccccc1C(=O)OCC(O)CC(F)(F)C(F)(F)C(F)(F)C(F)(F)C(F)(F)C(F)(F)C(F)(F)C(F)(F)C(F)(F)C(F)(F)C(F)(F)C(F)(F)C(F)(F)C(F)(F)C(F)(F)C(F)(F)C(F)(F)C(F)(F)F. The average Bonchev–Trinajstić information content (AvgIpc) is 0.658. The Morgan fingerprint density at radius 3 is 0.392 bits per heavy atom. The van der Waals surface area contributed by atoms with Crippen LogP contribution >= 0.6 is 0 Å². The van der Waals surface area contributed by atoms with Gasteiger partial charge in [0.2, 0.25) is 0 Å². The molecule has 0 aliphatic heterocycles. The summed E-state index contributed by atoms with van der Waals surface area (Å²) in [5.74, 6) is -351. The highest BCUT2D eigenvalue weighted by atomic mass is 19.5. The number of hydrogen-bond donors (Lipinski definition) is 2. The molecule has 6 nitrogen and oxygen atoms in total. The van der Waals surface area contributed by atoms with Gasteiger partial charge in [-0.3, -0.25) is 0 Å². The number of alkyl halides is 74. The molecule has 0 radical (unpaired) electrons. The van der Waals surface area contributed by atoms with Gasteiger partial charge in [-0.25, -0.2) is 9.59 Å². The van der Waals surface area contributed by atoms with Crippen molar-refractivity contribution in [2.75, 3.05) is 13.2 Å². The summed E-state index contributed by atoms with van der Waals surface area (Å²) in [7, 11) is 0. The summed E-state index contributed by atoms with van der Waals surface area (Å²) in [4.78, 5) is 25.2. The van der Waals surface area contributed by atoms with Crippen LogP contribution in [0.2, 0.25) is 0 Å². The summed E-state index contributed by atoms with van der Waals surface area (Å²) in [6.45, 7) is -6.06. The van der Waals surface area contributed by atoms with Crippen LogP contribution < -0.4 is 0 Å². The number of aliphatic hydroxyl groups is 2. The van der Waals surface area contributed by atoms with Gasteiger partial charge in [-0.05, 0) is 12.1 Å². The van der Waals surface area contributed by atoms with Crippen molar-refractivity contribution in [2.24, 2.45) is 0 Å². The van der Waals surface area contributed by atoms with Crippen LogP contribution in [0.1, 0.15) is 33.6 Å². The molecule has 0 amide bonds. The minimum Gasteiger partial charge on any atom is -0.459 e. The Morgan fingerprint density at radius 1 is 0.185 bits per heavy atom. The topological polar surface area (TPSA) is 93.1 Å². The van der Waals surface area contributed by atoms with Crippen molar-refractivity contribution in [3.8, 4) is 0 Å². The molecule has 0 fully saturated rings. The lowest BCUT2D eigenvalue weighted by atomic mass is 9.82. The number of carbonyl (C=O) groups excluding carboxylic acids is 2. The molecule has 0 saturated heterocycles. The smallest absolute Gasteiger partial charge is 0.459 e. The molecule has 770 valence electrons. The number of hydrogen-bond acceptors (Lipinski definition) is 6. The number of halogens is 74. The van der Waals surface area contributed by atoms with Crippen molar-refractivity contribution in [3.05, 3.63) is 35.4 Å². The standard InChI is InChI=1S/C50H16F74O6/c51-15(52,17(55,56)19(59,60)21(63,64)23(67,68)25(71,72)27(75,76)29(79,80)31(83,84)33(87,88)35(91,92)37(95,96)39(99,100)41(103,104)43(107,108)45(111,112)47(115,116)49(119,120)121)5-9(125)7-129-13(127)11-3-1-2-4-12(11)14(128)130-8-10(126)6-16(53,54)18(57,58)20(61,62)22(65,66)24(69,70)26(73,74)28(77,78)30(81,82)32(85,86)34(89,90)36(93,94)38(97,98)40(101,102)42(105,106)44(109,110)46(113,114)48(117,118)50(122,123)124/h1-4,9-10,125-126H,5-8H2. The molecule has 2 unspecified atom stereocenters. The molecule has 130 heavy (non-hydrogen) atoms. The zero-order valence-electron chi connectivity index (χ0n) is 56.8. The van der Waals surface area contributed by atoms with Crippen molar-refractivity contribution in [2.45, 2.75) is 239 Å². The first kappa shape index (κ1) is 121. The molecule has 0 bridgehead atoms. The highest BCUT2D eigenvalue weighted by Crippen LogP contribution is 2.75. The molecule has 0 saturated carbocycles. The first-order chi connectivity index (χ1) is 55.3. The second kappa shape index (κ2) is 31.7. The maximum Gasteiger partial charge on any atom is 0.460 e. The van der Waals surface area contributed by atoms with Gasteiger partial charge in [-0.15, -0.1) is 0 Å². The van der Waals surface area contributed by atoms with Crippen molar-refractivity contribution >= 4 is 11.9 Å². The van der Waals surface area contributed by atoms with Crippen LogP contribution in [0.25, 0.3) is 0 Å². The van der Waals surface area contributed by atoms with Crippen molar-refractivity contribution in [1.82, 2.24) is 0 Å². The molecule has 80 heteroatoms. The molecule has 0 aromatic heterocycles. The monoisotopic (exact) mass is 2120 g/mol. The van der Waals surface area contributed by atoms with Crippen LogP contribution in [0.4, 0.5) is 325 Å². The number of aliphatic hydroxyl groups excluding tert-OH is 2. The van der Waals surface area contributed by atoms with Gasteiger partial charge in [0.1, 0.15) is 13.2 Å². The van der Waals surface area contributed by atoms with Crippen LogP contribution in [0.3, 0.4) is 0 Å². The first-order valence-electron chi connectivity index (χ1n) is 29.1. The van der Waals surface area contributed by atoms with Gasteiger partial charge in [0.15, 0.2) is 0 Å². The van der Waals surface area contributed by atoms with Crippen LogP contribution in [0.5, 0.6) is 0 Å². The fourth-order valence-electron chi connectivity index (χ4n) is 8.64. The van der Waals surface area contributed by atoms with Gasteiger partial charge >= 0.3 is 226 Å². The van der Waals surface area contributed by atoms with E-state index < -0.39 is 275 Å². The Labute approximate surface area is 654 Å². The van der Waals surface area contributed by atoms with Crippen LogP contribution in [0.15, 0.2) is 24.3 Å². The molecule has 1 aromatic carbocycles. The number of esters is 2. The van der Waals surface area contributed by atoms with Crippen LogP contribution in [-0.4, -0.2) is 261 Å². The van der Waals surface area contributed by atoms with E-state index in [0.29, 0.717) is 0 Å². The van der Waals surface area contributed by atoms with Crippen LogP contribution in [-0.2, 0) is 9.47 Å². The van der Waals surface area contributed by atoms with Gasteiger partial charge in [-0.1, -0.05) is 12.1 Å². The Kier molecular flexibility index (Phi) is 29.5. The fraction of sp³-hybridized carbons (Fsp3) is 0.840. The molecule has 0 aliphatic carbocycles. The zero-order valence-corrected chi connectivity index (χ0v) is 56.8. The highest BCUT2D eigenvalue weighted by molar-refractivity contribution is 6.03. The zero-order chi connectivity index (χ0) is 107. The lowest BCUT2D eigenvalue weighted by Gasteiger charge is -2.47. The predicted molar refractivity (Wildman–Crippen MR) is 249 cm³/mol. The Hall–Kier alpha value is -7.10. The van der Waals surface area contributed by atoms with E-state index in [9.17, 15) is 345 Å². The summed E-state index contributed by atoms with van der Waals surface area (Å²) < 4.78 is 1050. The normalized spacial score (nSPS) is 17.2. The maximum absolute atomic E-state index is 14.7. The molecule has 1 rings (SSSR count). The molecule has 0 aliphatic rings. The Balaban J connectivity index is 3.78. The summed E-state index contributed by atoms with van der Waals surface area (Å²) in [6.07, 6.45) is -34.8. The first-order valence-corrected chi connectivity index (χ1v) is 29.1. The van der Waals surface area contributed by atoms with E-state index in [2.05, 4.69) is 9.47 Å². The summed E-state index contributed by atoms with van der Waals surface area (Å²) >= 11 is 0. The van der Waals surface area contributed by atoms with Gasteiger partial charge < -0.3 is 19.7 Å². The second-order valence-electron chi connectivity index (χ2n) is 25.2. The molecule has 2 atom stereocenters. The van der Waals surface area contributed by atoms with E-state index in [1.807, 2.05) is 0 Å². The Bertz CT molecular complexity index is 3920. The molecule has 0 spiro atoms. The van der Waals surface area contributed by atoms with E-state index in [1.54, 1.807) is 0 Å². The third kappa shape index (κ3) is 15.2. The molecule has 0 heterocycles. The lowest BCUT2D eigenvalue weighted by molar-refractivity contribution is -0.493. The van der Waals surface area contributed by atoms with E-state index in [1.165, 1.54) is 0 Å². The largest absolute Gasteiger partial charge is 0.460 e. The highest BCUT2D eigenvalue weighted by Gasteiger charge is 3.06. The quantitative estimate of drug-likeness (QED) is 0.0500. The third-order valence-corrected chi connectivity index (χ3v) is 16.6. The number of rotatable bonds is 42. The number of ether oxygens (including phenoxy) is 2. The van der Waals surface area contributed by atoms with Gasteiger partial charge in [-0.2, -0.15) is 325 Å². The van der Waals surface area contributed by atoms with Gasteiger partial charge in [0.05, 0.1) is 23.3 Å². The van der Waals surface area contributed by atoms with E-state index in [-0.39, 0.29) is 24.3 Å². The number of benzene rings is 1. The van der Waals surface area contributed by atoms with E-state index >= 15 is 0 Å². The molecular weight excluding hydrogens is 2100 g/mol. The summed E-state index contributed by atoms with van der Waals surface area (Å²) in [5, 5.41) is 19.2. The minimum atomic E-state index is -10.8. The Morgan fingerprint density at radius 2 is 0.285 bits per heavy atom. The maximum atomic E-state index is 14.7. The molecular formula is C50H16F74O6. The van der Waals surface area contributed by atoms with E-state index in [4.69, 9.17) is 0 Å². The predicted octanol–water partition coefficient (Wildman–Crippen LogP) is 24.2. The van der Waals surface area contributed by atoms with Crippen molar-refractivity contribution < 1.29 is 354 Å². The van der Waals surface area contributed by atoms with Gasteiger partial charge in [0, 0.05) is 12.8 Å². The van der Waals surface area contributed by atoms with Gasteiger partial charge in [0.25, 0.3) is 0 Å². The minimum absolute atomic E-state index is 0.151. The third-order valence-electron chi connectivity index (χ3n) is 16.6. The lowest BCUT2D eigenvalue weighted by Crippen LogP contribution is -2.80. The van der Waals surface area contributed by atoms with E-state index in [0.717, 1.165) is 0 Å². The molecule has 1 aromatic rings. The second-order valence-corrected chi connectivity index (χ2v) is 25.2. The number of carbonyl (C=O) groups is 2. The fourth-order valence-corrected chi connectivity index (χ4v) is 8.64. The molecule has 2 N–H and O–H groups in total. The summed E-state index contributed by atoms with van der Waals surface area (Å²) in [5.41, 5.74) is -4.10. The van der Waals surface area contributed by atoms with Crippen molar-refractivity contribution in [3.63, 3.8) is 0 Å². The van der Waals surface area contributed by atoms with Crippen molar-refractivity contribution in [1.29, 1.82) is 0 Å². The summed E-state index contributed by atoms with van der Waals surface area (Å²) in [6, 6.07) is -0.135. The average molecular weight is 2120 g/mol. The van der Waals surface area contributed by atoms with Crippen LogP contribution in [0, 0.1) is 0 Å².